The molecular weight excluding hydrogens is 687 g/mol. The number of benzene rings is 6. The summed E-state index contributed by atoms with van der Waals surface area (Å²) in [6.45, 7) is 5.18. The van der Waals surface area contributed by atoms with Gasteiger partial charge in [0.15, 0.2) is 0 Å². The largest absolute Gasteiger partial charge is 0.264 e. The SMILES string of the molecule is C[Si]1(C)c2ccccc2C2(CCCC2)c2ccc(-c3c4ccccc4c(-c4ccc5c(c4)S(C)(C)c4ccccc4C54CCCC4)c4ccncc34)cc21. The summed E-state index contributed by atoms with van der Waals surface area (Å²) in [5.74, 6) is 0. The number of nitrogens with zero attached hydrogens (tertiary/aromatic N) is 1. The first-order chi connectivity index (χ1) is 26.3. The zero-order valence-electron chi connectivity index (χ0n) is 32.1. The number of fused-ring (bicyclic) bond motifs is 10. The molecule has 2 spiro atoms. The van der Waals surface area contributed by atoms with Crippen molar-refractivity contribution in [1.29, 1.82) is 0 Å². The van der Waals surface area contributed by atoms with Crippen molar-refractivity contribution in [2.45, 2.75) is 85.1 Å². The average Bonchev–Trinajstić information content (AvgIpc) is 3.91. The van der Waals surface area contributed by atoms with Crippen LogP contribution < -0.4 is 10.4 Å². The standard InChI is InChI=1S/C51H49NSSi/c1-53(2)44-19-9-7-17-40(44)50(26-11-12-27-50)41-23-21-34(31-45(41)53)48-36-15-5-6-16-37(36)49(39-33-52-30-25-38(39)48)35-22-24-43-47(32-35)54(3,4)46-20-10-8-18-42(46)51(43)28-13-14-29-51/h5-10,15-25,30-33H,11-14,26-29H2,1-4H3. The van der Waals surface area contributed by atoms with E-state index >= 15 is 0 Å². The lowest BCUT2D eigenvalue weighted by Gasteiger charge is -2.48. The lowest BCUT2D eigenvalue weighted by molar-refractivity contribution is 0.509. The first-order valence-electron chi connectivity index (χ1n) is 20.3. The van der Waals surface area contributed by atoms with Crippen LogP contribution in [-0.2, 0) is 10.8 Å². The van der Waals surface area contributed by atoms with Crippen molar-refractivity contribution in [3.8, 4) is 22.3 Å². The maximum atomic E-state index is 4.82. The van der Waals surface area contributed by atoms with Crippen molar-refractivity contribution in [3.63, 3.8) is 0 Å². The fourth-order valence-corrected chi connectivity index (χ4v) is 18.1. The highest BCUT2D eigenvalue weighted by Gasteiger charge is 2.49. The van der Waals surface area contributed by atoms with Gasteiger partial charge in [-0.25, -0.2) is 0 Å². The predicted octanol–water partition coefficient (Wildman–Crippen LogP) is 12.4. The van der Waals surface area contributed by atoms with E-state index in [0.29, 0.717) is 0 Å². The Balaban J connectivity index is 1.15. The van der Waals surface area contributed by atoms with Crippen LogP contribution in [0.25, 0.3) is 43.8 Å². The van der Waals surface area contributed by atoms with Gasteiger partial charge in [-0.3, -0.25) is 4.98 Å². The number of hydrogen-bond donors (Lipinski definition) is 0. The van der Waals surface area contributed by atoms with Gasteiger partial charge in [0.05, 0.1) is 0 Å². The van der Waals surface area contributed by atoms with Gasteiger partial charge in [-0.15, -0.1) is 0 Å². The molecule has 11 rings (SSSR count). The Kier molecular flexibility index (Phi) is 7.04. The molecular formula is C51H49NSSi. The van der Waals surface area contributed by atoms with Gasteiger partial charge >= 0.3 is 0 Å². The normalized spacial score (nSPS) is 20.1. The minimum atomic E-state index is -1.97. The maximum Gasteiger partial charge on any atom is 0.113 e. The summed E-state index contributed by atoms with van der Waals surface area (Å²) in [5.41, 5.74) is 12.1. The second-order valence-electron chi connectivity index (χ2n) is 17.8. The molecule has 2 fully saturated rings. The number of aromatic nitrogens is 1. The third kappa shape index (κ3) is 4.26. The molecule has 54 heavy (non-hydrogen) atoms. The summed E-state index contributed by atoms with van der Waals surface area (Å²) in [7, 11) is -3.18. The molecule has 1 nitrogen and oxygen atoms in total. The van der Waals surface area contributed by atoms with Gasteiger partial charge in [-0.2, -0.15) is 10.0 Å². The second kappa shape index (κ2) is 11.5. The van der Waals surface area contributed by atoms with E-state index in [1.54, 1.807) is 42.4 Å². The van der Waals surface area contributed by atoms with Crippen LogP contribution in [0.15, 0.2) is 137 Å². The van der Waals surface area contributed by atoms with Crippen molar-refractivity contribution < 1.29 is 0 Å². The fourth-order valence-electron chi connectivity index (χ4n) is 12.1. The summed E-state index contributed by atoms with van der Waals surface area (Å²) in [6, 6.07) is 45.7. The van der Waals surface area contributed by atoms with E-state index < -0.39 is 18.1 Å². The highest BCUT2D eigenvalue weighted by atomic mass is 32.3. The van der Waals surface area contributed by atoms with Gasteiger partial charge in [-0.05, 0) is 132 Å². The molecule has 0 atom stereocenters. The molecule has 0 amide bonds. The van der Waals surface area contributed by atoms with Gasteiger partial charge in [0.1, 0.15) is 8.07 Å². The van der Waals surface area contributed by atoms with Crippen LogP contribution in [0.3, 0.4) is 0 Å². The smallest absolute Gasteiger partial charge is 0.113 e. The number of hydrogen-bond acceptors (Lipinski definition) is 1. The molecule has 2 saturated carbocycles. The van der Waals surface area contributed by atoms with E-state index in [-0.39, 0.29) is 10.8 Å². The molecule has 0 saturated heterocycles. The number of pyridine rings is 1. The van der Waals surface area contributed by atoms with Crippen molar-refractivity contribution in [2.75, 3.05) is 12.5 Å². The maximum absolute atomic E-state index is 4.82. The monoisotopic (exact) mass is 735 g/mol. The molecule has 7 aromatic rings. The van der Waals surface area contributed by atoms with E-state index in [1.165, 1.54) is 95.2 Å². The van der Waals surface area contributed by atoms with E-state index in [4.69, 9.17) is 4.98 Å². The van der Waals surface area contributed by atoms with Crippen LogP contribution in [0, 0.1) is 0 Å². The molecule has 2 aliphatic heterocycles. The molecule has 3 heterocycles. The first kappa shape index (κ1) is 32.9. The minimum Gasteiger partial charge on any atom is -0.264 e. The molecule has 6 aromatic carbocycles. The van der Waals surface area contributed by atoms with Crippen molar-refractivity contribution >= 4 is 50.0 Å². The quantitative estimate of drug-likeness (QED) is 0.127. The third-order valence-corrected chi connectivity index (χ3v) is 21.1. The lowest BCUT2D eigenvalue weighted by atomic mass is 9.72. The van der Waals surface area contributed by atoms with Crippen LogP contribution in [-0.4, -0.2) is 25.6 Å². The van der Waals surface area contributed by atoms with Crippen molar-refractivity contribution in [2.24, 2.45) is 0 Å². The molecule has 0 N–H and O–H groups in total. The predicted molar refractivity (Wildman–Crippen MR) is 234 cm³/mol. The Morgan fingerprint density at radius 2 is 1.02 bits per heavy atom. The van der Waals surface area contributed by atoms with Gasteiger partial charge in [-0.1, -0.05) is 141 Å². The van der Waals surface area contributed by atoms with E-state index in [1.807, 2.05) is 6.20 Å². The van der Waals surface area contributed by atoms with Crippen LogP contribution in [0.4, 0.5) is 0 Å². The molecule has 4 aliphatic rings. The molecule has 2 aliphatic carbocycles. The molecule has 0 unspecified atom stereocenters. The molecule has 3 heteroatoms. The van der Waals surface area contributed by atoms with Gasteiger partial charge in [0.2, 0.25) is 0 Å². The Hall–Kier alpha value is -4.44. The second-order valence-corrected chi connectivity index (χ2v) is 25.6. The zero-order chi connectivity index (χ0) is 36.5. The summed E-state index contributed by atoms with van der Waals surface area (Å²) in [5, 5.41) is 8.47. The van der Waals surface area contributed by atoms with Crippen molar-refractivity contribution in [1.82, 2.24) is 4.98 Å². The topological polar surface area (TPSA) is 12.9 Å². The van der Waals surface area contributed by atoms with E-state index in [0.717, 1.165) is 0 Å². The molecule has 0 bridgehead atoms. The fraction of sp³-hybridized carbons (Fsp3) is 0.275. The number of rotatable bonds is 2. The average molecular weight is 736 g/mol. The van der Waals surface area contributed by atoms with Crippen LogP contribution in [0.5, 0.6) is 0 Å². The Labute approximate surface area is 323 Å². The summed E-state index contributed by atoms with van der Waals surface area (Å²) >= 11 is 0. The van der Waals surface area contributed by atoms with Gasteiger partial charge in [0.25, 0.3) is 0 Å². The van der Waals surface area contributed by atoms with Crippen LogP contribution >= 0.6 is 10.0 Å². The van der Waals surface area contributed by atoms with Gasteiger partial charge < -0.3 is 0 Å². The lowest BCUT2D eigenvalue weighted by Crippen LogP contribution is -2.62. The molecule has 268 valence electrons. The minimum absolute atomic E-state index is 0.145. The highest BCUT2D eigenvalue weighted by Crippen LogP contribution is 2.69. The Bertz CT molecular complexity index is 2450. The molecule has 1 aromatic heterocycles. The Morgan fingerprint density at radius 3 is 1.74 bits per heavy atom. The van der Waals surface area contributed by atoms with Crippen LogP contribution in [0.2, 0.25) is 13.1 Å². The zero-order valence-corrected chi connectivity index (χ0v) is 34.0. The summed E-state index contributed by atoms with van der Waals surface area (Å²) < 4.78 is 0. The first-order valence-corrected chi connectivity index (χ1v) is 25.7. The third-order valence-electron chi connectivity index (χ3n) is 14.6. The van der Waals surface area contributed by atoms with E-state index in [2.05, 4.69) is 147 Å². The van der Waals surface area contributed by atoms with Gasteiger partial charge in [0, 0.05) is 28.6 Å². The molecule has 0 radical (unpaired) electrons. The highest BCUT2D eigenvalue weighted by molar-refractivity contribution is 8.32. The summed E-state index contributed by atoms with van der Waals surface area (Å²) in [4.78, 5) is 8.00. The summed E-state index contributed by atoms with van der Waals surface area (Å²) in [6.07, 6.45) is 19.5. The van der Waals surface area contributed by atoms with Crippen LogP contribution in [0.1, 0.15) is 73.6 Å². The van der Waals surface area contributed by atoms with Crippen molar-refractivity contribution in [3.05, 3.63) is 150 Å². The Morgan fingerprint density at radius 1 is 0.500 bits per heavy atom. The van der Waals surface area contributed by atoms with E-state index in [9.17, 15) is 0 Å².